The van der Waals surface area contributed by atoms with Gasteiger partial charge in [-0.05, 0) is 49.4 Å². The topological polar surface area (TPSA) is 58.6 Å². The minimum Gasteiger partial charge on any atom is -0.449 e. The molecule has 0 unspecified atom stereocenters. The third kappa shape index (κ3) is 5.47. The van der Waals surface area contributed by atoms with Crippen molar-refractivity contribution in [2.75, 3.05) is 24.3 Å². The van der Waals surface area contributed by atoms with Crippen molar-refractivity contribution >= 4 is 23.3 Å². The third-order valence-corrected chi connectivity index (χ3v) is 3.73. The van der Waals surface area contributed by atoms with E-state index >= 15 is 0 Å². The van der Waals surface area contributed by atoms with Crippen molar-refractivity contribution in [3.63, 3.8) is 0 Å². The van der Waals surface area contributed by atoms with Crippen molar-refractivity contribution < 1.29 is 27.5 Å². The Labute approximate surface area is 154 Å². The van der Waals surface area contributed by atoms with Gasteiger partial charge in [0.25, 0.3) is 5.91 Å². The number of rotatable bonds is 5. The number of halogens is 3. The number of nitrogens with zero attached hydrogens (tertiary/aromatic N) is 1. The molecular formula is C19H19F3N2O3. The normalized spacial score (nSPS) is 12.2. The van der Waals surface area contributed by atoms with E-state index in [1.807, 2.05) is 25.1 Å². The Hall–Kier alpha value is -3.03. The Morgan fingerprint density at radius 1 is 1.07 bits per heavy atom. The van der Waals surface area contributed by atoms with E-state index in [-0.39, 0.29) is 11.3 Å². The Balaban J connectivity index is 1.99. The number of hydrogen-bond donors (Lipinski definition) is 1. The van der Waals surface area contributed by atoms with Gasteiger partial charge < -0.3 is 15.0 Å². The van der Waals surface area contributed by atoms with Crippen LogP contribution in [-0.2, 0) is 15.7 Å². The number of anilines is 2. The highest BCUT2D eigenvalue weighted by Crippen LogP contribution is 2.29. The van der Waals surface area contributed by atoms with Gasteiger partial charge >= 0.3 is 12.1 Å². The van der Waals surface area contributed by atoms with Crippen LogP contribution in [0.2, 0.25) is 0 Å². The zero-order valence-corrected chi connectivity index (χ0v) is 15.0. The first kappa shape index (κ1) is 20.3. The third-order valence-electron chi connectivity index (χ3n) is 3.73. The molecule has 2 rings (SSSR count). The highest BCUT2D eigenvalue weighted by atomic mass is 19.4. The second kappa shape index (κ2) is 8.11. The number of esters is 1. The van der Waals surface area contributed by atoms with Crippen LogP contribution in [0.5, 0.6) is 0 Å². The molecule has 0 bridgehead atoms. The fraction of sp³-hybridized carbons (Fsp3) is 0.263. The summed E-state index contributed by atoms with van der Waals surface area (Å²) < 4.78 is 42.8. The SMILES string of the molecule is C[C@@H](OC(=O)c1cccc(N(C)C)c1)C(=O)Nc1ccc(C(F)(F)F)cc1. The molecule has 0 fully saturated rings. The molecule has 8 heteroatoms. The van der Waals surface area contributed by atoms with E-state index in [1.54, 1.807) is 18.2 Å². The van der Waals surface area contributed by atoms with Gasteiger partial charge in [-0.25, -0.2) is 4.79 Å². The van der Waals surface area contributed by atoms with Gasteiger partial charge in [-0.1, -0.05) is 6.07 Å². The first-order valence-electron chi connectivity index (χ1n) is 8.04. The number of amides is 1. The molecule has 0 saturated heterocycles. The van der Waals surface area contributed by atoms with Gasteiger partial charge in [0.1, 0.15) is 0 Å². The van der Waals surface area contributed by atoms with Crippen LogP contribution in [0.15, 0.2) is 48.5 Å². The molecule has 0 aliphatic heterocycles. The lowest BCUT2D eigenvalue weighted by Gasteiger charge is -2.16. The number of carbonyl (C=O) groups is 2. The Bertz CT molecular complexity index is 818. The second-order valence-electron chi connectivity index (χ2n) is 6.06. The van der Waals surface area contributed by atoms with Gasteiger partial charge in [-0.2, -0.15) is 13.2 Å². The van der Waals surface area contributed by atoms with E-state index in [4.69, 9.17) is 4.74 Å². The fourth-order valence-electron chi connectivity index (χ4n) is 2.18. The van der Waals surface area contributed by atoms with Crippen molar-refractivity contribution in [2.24, 2.45) is 0 Å². The van der Waals surface area contributed by atoms with Gasteiger partial charge in [0.05, 0.1) is 11.1 Å². The molecule has 2 aromatic carbocycles. The molecule has 27 heavy (non-hydrogen) atoms. The maximum absolute atomic E-state index is 12.5. The molecule has 0 saturated carbocycles. The molecule has 1 amide bonds. The molecule has 5 nitrogen and oxygen atoms in total. The zero-order chi connectivity index (χ0) is 20.2. The first-order chi connectivity index (χ1) is 12.6. The van der Waals surface area contributed by atoms with Crippen LogP contribution in [0.25, 0.3) is 0 Å². The van der Waals surface area contributed by atoms with E-state index in [2.05, 4.69) is 5.32 Å². The van der Waals surface area contributed by atoms with Gasteiger partial charge in [0, 0.05) is 25.5 Å². The van der Waals surface area contributed by atoms with Gasteiger partial charge in [-0.3, -0.25) is 4.79 Å². The summed E-state index contributed by atoms with van der Waals surface area (Å²) in [5.41, 5.74) is 0.438. The Morgan fingerprint density at radius 2 is 1.70 bits per heavy atom. The average molecular weight is 380 g/mol. The van der Waals surface area contributed by atoms with Gasteiger partial charge in [0.2, 0.25) is 0 Å². The van der Waals surface area contributed by atoms with Crippen molar-refractivity contribution in [3.05, 3.63) is 59.7 Å². The predicted octanol–water partition coefficient (Wildman–Crippen LogP) is 3.96. The fourth-order valence-corrected chi connectivity index (χ4v) is 2.18. The summed E-state index contributed by atoms with van der Waals surface area (Å²) in [5.74, 6) is -1.32. The summed E-state index contributed by atoms with van der Waals surface area (Å²) in [6, 6.07) is 10.7. The van der Waals surface area contributed by atoms with Crippen LogP contribution in [0.1, 0.15) is 22.8 Å². The summed E-state index contributed by atoms with van der Waals surface area (Å²) in [6.45, 7) is 1.38. The molecule has 1 atom stereocenters. The van der Waals surface area contributed by atoms with E-state index < -0.39 is 29.7 Å². The van der Waals surface area contributed by atoms with E-state index in [0.717, 1.165) is 30.0 Å². The summed E-state index contributed by atoms with van der Waals surface area (Å²) in [6.07, 6.45) is -5.57. The van der Waals surface area contributed by atoms with Gasteiger partial charge in [-0.15, -0.1) is 0 Å². The number of nitrogens with one attached hydrogen (secondary N) is 1. The number of benzene rings is 2. The van der Waals surface area contributed by atoms with E-state index in [0.29, 0.717) is 0 Å². The number of carbonyl (C=O) groups excluding carboxylic acids is 2. The van der Waals surface area contributed by atoms with E-state index in [9.17, 15) is 22.8 Å². The smallest absolute Gasteiger partial charge is 0.416 e. The highest BCUT2D eigenvalue weighted by molar-refractivity contribution is 5.97. The van der Waals surface area contributed by atoms with Crippen LogP contribution < -0.4 is 10.2 Å². The minimum absolute atomic E-state index is 0.172. The maximum Gasteiger partial charge on any atom is 0.416 e. The lowest BCUT2D eigenvalue weighted by Crippen LogP contribution is -2.30. The van der Waals surface area contributed by atoms with Crippen LogP contribution in [-0.4, -0.2) is 32.1 Å². The van der Waals surface area contributed by atoms with Crippen molar-refractivity contribution in [3.8, 4) is 0 Å². The second-order valence-corrected chi connectivity index (χ2v) is 6.06. The molecule has 0 heterocycles. The van der Waals surface area contributed by atoms with Crippen LogP contribution in [0.3, 0.4) is 0 Å². The van der Waals surface area contributed by atoms with Crippen LogP contribution in [0.4, 0.5) is 24.5 Å². The Morgan fingerprint density at radius 3 is 2.26 bits per heavy atom. The minimum atomic E-state index is -4.45. The molecule has 0 aliphatic rings. The van der Waals surface area contributed by atoms with Crippen LogP contribution in [0, 0.1) is 0 Å². The predicted molar refractivity (Wildman–Crippen MR) is 95.7 cm³/mol. The molecule has 0 radical (unpaired) electrons. The molecule has 2 aromatic rings. The summed E-state index contributed by atoms with van der Waals surface area (Å²) in [7, 11) is 3.65. The van der Waals surface area contributed by atoms with Crippen LogP contribution >= 0.6 is 0 Å². The summed E-state index contributed by atoms with van der Waals surface area (Å²) in [5, 5.41) is 2.42. The largest absolute Gasteiger partial charge is 0.449 e. The average Bonchev–Trinajstić information content (AvgIpc) is 2.61. The maximum atomic E-state index is 12.5. The lowest BCUT2D eigenvalue weighted by molar-refractivity contribution is -0.137. The molecular weight excluding hydrogens is 361 g/mol. The Kier molecular flexibility index (Phi) is 6.09. The summed E-state index contributed by atoms with van der Waals surface area (Å²) >= 11 is 0. The van der Waals surface area contributed by atoms with Crippen molar-refractivity contribution in [1.29, 1.82) is 0 Å². The molecule has 1 N–H and O–H groups in total. The molecule has 0 aromatic heterocycles. The van der Waals surface area contributed by atoms with Crippen molar-refractivity contribution in [1.82, 2.24) is 0 Å². The standard InChI is InChI=1S/C19H19F3N2O3/c1-12(27-18(26)13-5-4-6-16(11-13)24(2)3)17(25)23-15-9-7-14(8-10-15)19(20,21)22/h4-12H,1-3H3,(H,23,25)/t12-/m1/s1. The summed E-state index contributed by atoms with van der Waals surface area (Å²) in [4.78, 5) is 26.1. The molecule has 0 spiro atoms. The van der Waals surface area contributed by atoms with E-state index in [1.165, 1.54) is 6.92 Å². The first-order valence-corrected chi connectivity index (χ1v) is 8.04. The lowest BCUT2D eigenvalue weighted by atomic mass is 10.2. The zero-order valence-electron chi connectivity index (χ0n) is 15.0. The van der Waals surface area contributed by atoms with Crippen molar-refractivity contribution in [2.45, 2.75) is 19.2 Å². The quantitative estimate of drug-likeness (QED) is 0.798. The monoisotopic (exact) mass is 380 g/mol. The molecule has 144 valence electrons. The molecule has 0 aliphatic carbocycles. The number of alkyl halides is 3. The van der Waals surface area contributed by atoms with Gasteiger partial charge in [0.15, 0.2) is 6.10 Å². The highest BCUT2D eigenvalue weighted by Gasteiger charge is 2.30. The number of ether oxygens (including phenoxy) is 1. The number of hydrogen-bond acceptors (Lipinski definition) is 4.